The molecule has 6 nitrogen and oxygen atoms in total. The van der Waals surface area contributed by atoms with Gasteiger partial charge in [-0.25, -0.2) is 4.79 Å². The van der Waals surface area contributed by atoms with Crippen molar-refractivity contribution >= 4 is 35.7 Å². The van der Waals surface area contributed by atoms with Crippen molar-refractivity contribution in [2.45, 2.75) is 32.2 Å². The molecule has 7 heteroatoms. The molecule has 2 atom stereocenters. The number of nitrogens with two attached hydrogens (primary N) is 1. The van der Waals surface area contributed by atoms with Gasteiger partial charge < -0.3 is 21.7 Å². The molecule has 0 aromatic heterocycles. The molecule has 0 radical (unpaired) electrons. The smallest absolute Gasteiger partial charge is 0.319 e. The summed E-state index contributed by atoms with van der Waals surface area (Å²) in [6, 6.07) is 6.97. The van der Waals surface area contributed by atoms with Gasteiger partial charge in [-0.05, 0) is 44.4 Å². The summed E-state index contributed by atoms with van der Waals surface area (Å²) in [6.45, 7) is 2.41. The lowest BCUT2D eigenvalue weighted by Gasteiger charge is -2.12. The summed E-state index contributed by atoms with van der Waals surface area (Å²) in [7, 11) is 0. The third-order valence-corrected chi connectivity index (χ3v) is 3.57. The SMILES string of the molecule is CCNC(=O)Nc1cccc(NC(=O)C2CCC(N)C2)c1.Cl. The lowest BCUT2D eigenvalue weighted by molar-refractivity contribution is -0.119. The number of halogens is 1. The molecule has 5 N–H and O–H groups in total. The predicted octanol–water partition coefficient (Wildman–Crippen LogP) is 2.32. The van der Waals surface area contributed by atoms with Crippen molar-refractivity contribution in [1.29, 1.82) is 0 Å². The first-order valence-electron chi connectivity index (χ1n) is 7.30. The summed E-state index contributed by atoms with van der Waals surface area (Å²) in [5, 5.41) is 8.25. The van der Waals surface area contributed by atoms with E-state index >= 15 is 0 Å². The van der Waals surface area contributed by atoms with Crippen LogP contribution in [0.2, 0.25) is 0 Å². The van der Waals surface area contributed by atoms with Gasteiger partial charge in [0.2, 0.25) is 5.91 Å². The van der Waals surface area contributed by atoms with Gasteiger partial charge in [-0.15, -0.1) is 12.4 Å². The van der Waals surface area contributed by atoms with Gasteiger partial charge in [0.25, 0.3) is 0 Å². The zero-order valence-electron chi connectivity index (χ0n) is 12.6. The number of amides is 3. The number of rotatable bonds is 4. The second-order valence-electron chi connectivity index (χ2n) is 5.32. The van der Waals surface area contributed by atoms with Gasteiger partial charge in [-0.3, -0.25) is 4.79 Å². The Morgan fingerprint density at radius 3 is 2.50 bits per heavy atom. The lowest BCUT2D eigenvalue weighted by Crippen LogP contribution is -2.28. The van der Waals surface area contributed by atoms with E-state index in [4.69, 9.17) is 5.73 Å². The maximum atomic E-state index is 12.1. The Hall–Kier alpha value is -1.79. The second-order valence-corrected chi connectivity index (χ2v) is 5.32. The third kappa shape index (κ3) is 5.20. The molecule has 1 saturated carbocycles. The highest BCUT2D eigenvalue weighted by Crippen LogP contribution is 2.26. The average molecular weight is 327 g/mol. The first kappa shape index (κ1) is 18.3. The zero-order chi connectivity index (χ0) is 15.2. The van der Waals surface area contributed by atoms with Crippen LogP contribution in [0.3, 0.4) is 0 Å². The summed E-state index contributed by atoms with van der Waals surface area (Å²) in [5.41, 5.74) is 7.15. The molecule has 22 heavy (non-hydrogen) atoms. The Balaban J connectivity index is 0.00000242. The van der Waals surface area contributed by atoms with Crippen LogP contribution in [0.4, 0.5) is 16.2 Å². The number of carbonyl (C=O) groups excluding carboxylic acids is 2. The topological polar surface area (TPSA) is 96.2 Å². The number of urea groups is 1. The molecule has 0 saturated heterocycles. The third-order valence-electron chi connectivity index (χ3n) is 3.57. The monoisotopic (exact) mass is 326 g/mol. The number of anilines is 2. The Kier molecular flexibility index (Phi) is 7.14. The van der Waals surface area contributed by atoms with Crippen LogP contribution in [0, 0.1) is 5.92 Å². The molecule has 1 aliphatic rings. The standard InChI is InChI=1S/C15H22N4O2.ClH/c1-2-17-15(21)19-13-5-3-4-12(9-13)18-14(20)10-6-7-11(16)8-10;/h3-5,9-11H,2,6-8,16H2,1H3,(H,18,20)(H2,17,19,21);1H. The zero-order valence-corrected chi connectivity index (χ0v) is 13.4. The predicted molar refractivity (Wildman–Crippen MR) is 90.3 cm³/mol. The fourth-order valence-electron chi connectivity index (χ4n) is 2.51. The van der Waals surface area contributed by atoms with E-state index in [1.165, 1.54) is 0 Å². The van der Waals surface area contributed by atoms with E-state index < -0.39 is 0 Å². The van der Waals surface area contributed by atoms with E-state index in [2.05, 4.69) is 16.0 Å². The van der Waals surface area contributed by atoms with E-state index in [1.54, 1.807) is 24.3 Å². The van der Waals surface area contributed by atoms with Crippen molar-refractivity contribution in [2.24, 2.45) is 11.7 Å². The molecule has 2 unspecified atom stereocenters. The molecule has 0 heterocycles. The van der Waals surface area contributed by atoms with Crippen molar-refractivity contribution in [3.63, 3.8) is 0 Å². The highest BCUT2D eigenvalue weighted by molar-refractivity contribution is 5.94. The van der Waals surface area contributed by atoms with Gasteiger partial charge in [-0.2, -0.15) is 0 Å². The van der Waals surface area contributed by atoms with Crippen molar-refractivity contribution in [3.05, 3.63) is 24.3 Å². The molecule has 0 spiro atoms. The number of hydrogen-bond donors (Lipinski definition) is 4. The second kappa shape index (κ2) is 8.60. The first-order valence-corrected chi connectivity index (χ1v) is 7.30. The summed E-state index contributed by atoms with van der Waals surface area (Å²) in [6.07, 6.45) is 2.48. The fraction of sp³-hybridized carbons (Fsp3) is 0.467. The maximum Gasteiger partial charge on any atom is 0.319 e. The van der Waals surface area contributed by atoms with Crippen molar-refractivity contribution in [2.75, 3.05) is 17.2 Å². The van der Waals surface area contributed by atoms with Gasteiger partial charge in [-0.1, -0.05) is 6.07 Å². The molecule has 1 aromatic rings. The molecular weight excluding hydrogens is 304 g/mol. The molecular formula is C15H23ClN4O2. The number of hydrogen-bond acceptors (Lipinski definition) is 3. The van der Waals surface area contributed by atoms with E-state index in [0.29, 0.717) is 17.9 Å². The van der Waals surface area contributed by atoms with Gasteiger partial charge in [0, 0.05) is 29.9 Å². The van der Waals surface area contributed by atoms with Crippen LogP contribution >= 0.6 is 12.4 Å². The molecule has 1 fully saturated rings. The van der Waals surface area contributed by atoms with Crippen LogP contribution in [0.5, 0.6) is 0 Å². The van der Waals surface area contributed by atoms with Gasteiger partial charge in [0.1, 0.15) is 0 Å². The van der Waals surface area contributed by atoms with Gasteiger partial charge in [0.15, 0.2) is 0 Å². The summed E-state index contributed by atoms with van der Waals surface area (Å²) in [4.78, 5) is 23.6. The first-order chi connectivity index (χ1) is 10.1. The minimum absolute atomic E-state index is 0. The Labute approximate surface area is 136 Å². The molecule has 1 aliphatic carbocycles. The number of nitrogens with one attached hydrogen (secondary N) is 3. The number of carbonyl (C=O) groups is 2. The van der Waals surface area contributed by atoms with E-state index in [1.807, 2.05) is 6.92 Å². The largest absolute Gasteiger partial charge is 0.338 e. The molecule has 0 bridgehead atoms. The van der Waals surface area contributed by atoms with Crippen LogP contribution in [0.25, 0.3) is 0 Å². The van der Waals surface area contributed by atoms with Crippen LogP contribution in [0.1, 0.15) is 26.2 Å². The Morgan fingerprint density at radius 1 is 1.23 bits per heavy atom. The van der Waals surface area contributed by atoms with Crippen molar-refractivity contribution < 1.29 is 9.59 Å². The molecule has 3 amide bonds. The van der Waals surface area contributed by atoms with Gasteiger partial charge in [0.05, 0.1) is 0 Å². The number of benzene rings is 1. The molecule has 122 valence electrons. The maximum absolute atomic E-state index is 12.1. The molecule has 0 aliphatic heterocycles. The normalized spacial score (nSPS) is 19.9. The lowest BCUT2D eigenvalue weighted by atomic mass is 10.1. The molecule has 1 aromatic carbocycles. The highest BCUT2D eigenvalue weighted by Gasteiger charge is 2.27. The highest BCUT2D eigenvalue weighted by atomic mass is 35.5. The van der Waals surface area contributed by atoms with Crippen molar-refractivity contribution in [1.82, 2.24) is 5.32 Å². The Morgan fingerprint density at radius 2 is 1.91 bits per heavy atom. The minimum atomic E-state index is -0.261. The summed E-state index contributed by atoms with van der Waals surface area (Å²) < 4.78 is 0. The van der Waals surface area contributed by atoms with Crippen LogP contribution in [-0.2, 0) is 4.79 Å². The van der Waals surface area contributed by atoms with Crippen LogP contribution in [0.15, 0.2) is 24.3 Å². The fourth-order valence-corrected chi connectivity index (χ4v) is 2.51. The summed E-state index contributed by atoms with van der Waals surface area (Å²) in [5.74, 6) is -0.0156. The van der Waals surface area contributed by atoms with Crippen LogP contribution in [-0.4, -0.2) is 24.5 Å². The van der Waals surface area contributed by atoms with Crippen molar-refractivity contribution in [3.8, 4) is 0 Å². The molecule has 2 rings (SSSR count). The quantitative estimate of drug-likeness (QED) is 0.683. The van der Waals surface area contributed by atoms with E-state index in [-0.39, 0.29) is 36.3 Å². The minimum Gasteiger partial charge on any atom is -0.338 e. The Bertz CT molecular complexity index is 524. The van der Waals surface area contributed by atoms with E-state index in [9.17, 15) is 9.59 Å². The van der Waals surface area contributed by atoms with E-state index in [0.717, 1.165) is 19.3 Å². The van der Waals surface area contributed by atoms with Crippen LogP contribution < -0.4 is 21.7 Å². The average Bonchev–Trinajstić information content (AvgIpc) is 2.86. The van der Waals surface area contributed by atoms with Gasteiger partial charge >= 0.3 is 6.03 Å². The summed E-state index contributed by atoms with van der Waals surface area (Å²) >= 11 is 0.